The van der Waals surface area contributed by atoms with E-state index < -0.39 is 26.0 Å². The molecule has 0 atom stereocenters. The van der Waals surface area contributed by atoms with E-state index in [1.165, 1.54) is 48.5 Å². The quantitative estimate of drug-likeness (QED) is 0.213. The number of carbonyl (C=O) groups is 1. The molecule has 4 aromatic carbocycles. The number of para-hydroxylation sites is 1. The predicted octanol–water partition coefficient (Wildman–Crippen LogP) is 6.46. The van der Waals surface area contributed by atoms with Crippen LogP contribution in [0, 0.1) is 13.8 Å². The maximum atomic E-state index is 13.1. The SMILES string of the molecule is Cc1ccccc1NS(=O)(=O)c1cc(C(=O)Nc2ccc(S(=O)(=O)Nc3cccc(Cl)c3Cl)cc2)ccc1C. The maximum Gasteiger partial charge on any atom is 0.262 e. The Morgan fingerprint density at radius 2 is 1.33 bits per heavy atom. The lowest BCUT2D eigenvalue weighted by Gasteiger charge is -2.14. The lowest BCUT2D eigenvalue weighted by Crippen LogP contribution is -2.17. The average molecular weight is 605 g/mol. The summed E-state index contributed by atoms with van der Waals surface area (Å²) >= 11 is 12.0. The number of aryl methyl sites for hydroxylation is 2. The van der Waals surface area contributed by atoms with Crippen LogP contribution in [0.1, 0.15) is 21.5 Å². The zero-order valence-corrected chi connectivity index (χ0v) is 23.8. The molecule has 202 valence electrons. The fraction of sp³-hybridized carbons (Fsp3) is 0.0741. The summed E-state index contributed by atoms with van der Waals surface area (Å²) in [5.74, 6) is -0.568. The number of benzene rings is 4. The van der Waals surface area contributed by atoms with Crippen molar-refractivity contribution in [3.8, 4) is 0 Å². The number of anilines is 3. The number of carbonyl (C=O) groups excluding carboxylic acids is 1. The first kappa shape index (κ1) is 28.4. The Morgan fingerprint density at radius 1 is 0.692 bits per heavy atom. The third-order valence-corrected chi connectivity index (χ3v) is 9.46. The molecule has 1 amide bonds. The first-order valence-corrected chi connectivity index (χ1v) is 15.2. The molecule has 0 bridgehead atoms. The zero-order chi connectivity index (χ0) is 28.4. The van der Waals surface area contributed by atoms with Gasteiger partial charge in [0.15, 0.2) is 0 Å². The summed E-state index contributed by atoms with van der Waals surface area (Å²) < 4.78 is 56.7. The van der Waals surface area contributed by atoms with Crippen molar-refractivity contribution >= 4 is 66.2 Å². The largest absolute Gasteiger partial charge is 0.322 e. The number of hydrogen-bond acceptors (Lipinski definition) is 5. The van der Waals surface area contributed by atoms with Crippen LogP contribution in [0.4, 0.5) is 17.1 Å². The number of halogens is 2. The van der Waals surface area contributed by atoms with Gasteiger partial charge in [-0.05, 0) is 79.6 Å². The highest BCUT2D eigenvalue weighted by Crippen LogP contribution is 2.31. The molecular weight excluding hydrogens is 581 g/mol. The number of nitrogens with one attached hydrogen (secondary N) is 3. The molecule has 0 heterocycles. The number of rotatable bonds is 8. The smallest absolute Gasteiger partial charge is 0.262 e. The van der Waals surface area contributed by atoms with Crippen LogP contribution in [-0.4, -0.2) is 22.7 Å². The zero-order valence-electron chi connectivity index (χ0n) is 20.7. The van der Waals surface area contributed by atoms with Crippen LogP contribution in [0.3, 0.4) is 0 Å². The van der Waals surface area contributed by atoms with Crippen molar-refractivity contribution in [2.45, 2.75) is 23.6 Å². The van der Waals surface area contributed by atoms with Gasteiger partial charge in [0.1, 0.15) is 0 Å². The molecular formula is C27H23Cl2N3O5S2. The molecule has 0 fully saturated rings. The van der Waals surface area contributed by atoms with E-state index in [4.69, 9.17) is 23.2 Å². The van der Waals surface area contributed by atoms with Crippen LogP contribution in [0.5, 0.6) is 0 Å². The van der Waals surface area contributed by atoms with Gasteiger partial charge in [-0.3, -0.25) is 14.2 Å². The molecule has 0 saturated carbocycles. The average Bonchev–Trinajstić information content (AvgIpc) is 2.88. The Labute approximate surface area is 237 Å². The van der Waals surface area contributed by atoms with Gasteiger partial charge < -0.3 is 5.32 Å². The fourth-order valence-electron chi connectivity index (χ4n) is 3.62. The van der Waals surface area contributed by atoms with Crippen molar-refractivity contribution < 1.29 is 21.6 Å². The highest BCUT2D eigenvalue weighted by atomic mass is 35.5. The molecule has 8 nitrogen and oxygen atoms in total. The third kappa shape index (κ3) is 6.54. The van der Waals surface area contributed by atoms with Crippen LogP contribution in [-0.2, 0) is 20.0 Å². The minimum Gasteiger partial charge on any atom is -0.322 e. The molecule has 4 rings (SSSR count). The summed E-state index contributed by atoms with van der Waals surface area (Å²) in [4.78, 5) is 12.8. The van der Waals surface area contributed by atoms with Gasteiger partial charge in [-0.1, -0.05) is 53.5 Å². The van der Waals surface area contributed by atoms with Gasteiger partial charge >= 0.3 is 0 Å². The topological polar surface area (TPSA) is 121 Å². The van der Waals surface area contributed by atoms with Crippen molar-refractivity contribution in [2.24, 2.45) is 0 Å². The van der Waals surface area contributed by atoms with Crippen molar-refractivity contribution in [3.05, 3.63) is 112 Å². The standard InChI is InChI=1S/C27H23Cl2N3O5S2/c1-17-6-3-4-8-23(17)31-39(36,37)25-16-19(11-10-18(25)2)27(33)30-20-12-14-21(15-13-20)38(34,35)32-24-9-5-7-22(28)26(24)29/h3-16,31-32H,1-2H3,(H,30,33). The second kappa shape index (κ2) is 11.3. The second-order valence-corrected chi connectivity index (χ2v) is 12.7. The molecule has 0 saturated heterocycles. The molecule has 0 unspecified atom stereocenters. The van der Waals surface area contributed by atoms with Crippen molar-refractivity contribution in [1.29, 1.82) is 0 Å². The Bertz CT molecular complexity index is 1780. The lowest BCUT2D eigenvalue weighted by atomic mass is 10.1. The van der Waals surface area contributed by atoms with E-state index in [0.717, 1.165) is 5.56 Å². The third-order valence-electron chi connectivity index (χ3n) is 5.75. The molecule has 0 aliphatic carbocycles. The van der Waals surface area contributed by atoms with Gasteiger partial charge in [0.05, 0.1) is 31.2 Å². The van der Waals surface area contributed by atoms with E-state index in [-0.39, 0.29) is 31.1 Å². The normalized spacial score (nSPS) is 11.6. The van der Waals surface area contributed by atoms with Crippen molar-refractivity contribution in [1.82, 2.24) is 0 Å². The second-order valence-electron chi connectivity index (χ2n) is 8.59. The van der Waals surface area contributed by atoms with Crippen LogP contribution in [0.25, 0.3) is 0 Å². The van der Waals surface area contributed by atoms with Crippen LogP contribution >= 0.6 is 23.2 Å². The maximum absolute atomic E-state index is 13.1. The summed E-state index contributed by atoms with van der Waals surface area (Å²) in [5.41, 5.74) is 2.21. The Morgan fingerprint density at radius 3 is 2.03 bits per heavy atom. The molecule has 4 aromatic rings. The van der Waals surface area contributed by atoms with Crippen LogP contribution in [0.15, 0.2) is 94.7 Å². The number of hydrogen-bond donors (Lipinski definition) is 3. The predicted molar refractivity (Wildman–Crippen MR) is 155 cm³/mol. The van der Waals surface area contributed by atoms with Crippen molar-refractivity contribution in [3.63, 3.8) is 0 Å². The molecule has 0 spiro atoms. The highest BCUT2D eigenvalue weighted by molar-refractivity contribution is 7.93. The first-order chi connectivity index (χ1) is 18.4. The summed E-state index contributed by atoms with van der Waals surface area (Å²) in [7, 11) is -7.96. The van der Waals surface area contributed by atoms with Gasteiger partial charge in [0.25, 0.3) is 26.0 Å². The fourth-order valence-corrected chi connectivity index (χ4v) is 6.50. The van der Waals surface area contributed by atoms with Gasteiger partial charge in [-0.15, -0.1) is 0 Å². The van der Waals surface area contributed by atoms with Gasteiger partial charge in [-0.2, -0.15) is 0 Å². The van der Waals surface area contributed by atoms with E-state index in [1.807, 2.05) is 0 Å². The van der Waals surface area contributed by atoms with E-state index >= 15 is 0 Å². The lowest BCUT2D eigenvalue weighted by molar-refractivity contribution is 0.102. The summed E-state index contributed by atoms with van der Waals surface area (Å²) in [6.07, 6.45) is 0. The first-order valence-electron chi connectivity index (χ1n) is 11.4. The Hall–Kier alpha value is -3.57. The Balaban J connectivity index is 1.51. The highest BCUT2D eigenvalue weighted by Gasteiger charge is 2.21. The van der Waals surface area contributed by atoms with E-state index in [1.54, 1.807) is 50.2 Å². The molecule has 3 N–H and O–H groups in total. The minimum absolute atomic E-state index is 0.0365. The molecule has 12 heteroatoms. The van der Waals surface area contributed by atoms with Gasteiger partial charge in [-0.25, -0.2) is 16.8 Å². The number of amides is 1. The van der Waals surface area contributed by atoms with E-state index in [0.29, 0.717) is 16.9 Å². The van der Waals surface area contributed by atoms with E-state index in [9.17, 15) is 21.6 Å². The van der Waals surface area contributed by atoms with Crippen LogP contribution in [0.2, 0.25) is 10.0 Å². The Kier molecular flexibility index (Phi) is 8.22. The number of sulfonamides is 2. The minimum atomic E-state index is -3.99. The summed E-state index contributed by atoms with van der Waals surface area (Å²) in [6.45, 7) is 3.42. The van der Waals surface area contributed by atoms with Gasteiger partial charge in [0, 0.05) is 11.3 Å². The molecule has 0 aliphatic rings. The van der Waals surface area contributed by atoms with Gasteiger partial charge in [0.2, 0.25) is 0 Å². The molecule has 39 heavy (non-hydrogen) atoms. The van der Waals surface area contributed by atoms with Crippen molar-refractivity contribution in [2.75, 3.05) is 14.8 Å². The monoisotopic (exact) mass is 603 g/mol. The molecule has 0 radical (unpaired) electrons. The summed E-state index contributed by atoms with van der Waals surface area (Å²) in [6, 6.07) is 21.3. The summed E-state index contributed by atoms with van der Waals surface area (Å²) in [5, 5.41) is 2.92. The van der Waals surface area contributed by atoms with Crippen LogP contribution < -0.4 is 14.8 Å². The molecule has 0 aliphatic heterocycles. The van der Waals surface area contributed by atoms with E-state index in [2.05, 4.69) is 14.8 Å². The molecule has 0 aromatic heterocycles.